The first-order valence-electron chi connectivity index (χ1n) is 8.05. The molecule has 0 spiro atoms. The van der Waals surface area contributed by atoms with Gasteiger partial charge in [0.05, 0.1) is 19.8 Å². The standard InChI is InChI=1S/C17H25FN2O3/c1-4-9-20(12-5-7-19-8-6-12)17(21)13-10-15(22-2)16(23-3)11-14(13)18/h10-12,19H,4-9H2,1-3H3. The minimum Gasteiger partial charge on any atom is -0.493 e. The molecule has 5 nitrogen and oxygen atoms in total. The van der Waals surface area contributed by atoms with E-state index in [0.29, 0.717) is 12.3 Å². The lowest BCUT2D eigenvalue weighted by molar-refractivity contribution is 0.0637. The van der Waals surface area contributed by atoms with Crippen molar-refractivity contribution in [2.45, 2.75) is 32.2 Å². The van der Waals surface area contributed by atoms with E-state index >= 15 is 0 Å². The number of hydrogen-bond acceptors (Lipinski definition) is 4. The van der Waals surface area contributed by atoms with E-state index in [4.69, 9.17) is 9.47 Å². The van der Waals surface area contributed by atoms with Gasteiger partial charge in [-0.15, -0.1) is 0 Å². The van der Waals surface area contributed by atoms with Crippen molar-refractivity contribution >= 4 is 5.91 Å². The Labute approximate surface area is 136 Å². The van der Waals surface area contributed by atoms with Crippen LogP contribution in [0.15, 0.2) is 12.1 Å². The number of methoxy groups -OCH3 is 2. The molecule has 2 rings (SSSR count). The van der Waals surface area contributed by atoms with Crippen molar-refractivity contribution in [3.05, 3.63) is 23.5 Å². The zero-order valence-corrected chi connectivity index (χ0v) is 14.0. The van der Waals surface area contributed by atoms with E-state index in [0.717, 1.165) is 32.4 Å². The van der Waals surface area contributed by atoms with Crippen LogP contribution in [0.3, 0.4) is 0 Å². The van der Waals surface area contributed by atoms with Crippen LogP contribution < -0.4 is 14.8 Å². The van der Waals surface area contributed by atoms with Gasteiger partial charge in [-0.3, -0.25) is 4.79 Å². The fraction of sp³-hybridized carbons (Fsp3) is 0.588. The summed E-state index contributed by atoms with van der Waals surface area (Å²) in [7, 11) is 2.91. The molecule has 0 atom stereocenters. The van der Waals surface area contributed by atoms with Gasteiger partial charge in [0, 0.05) is 18.7 Å². The van der Waals surface area contributed by atoms with Gasteiger partial charge >= 0.3 is 0 Å². The van der Waals surface area contributed by atoms with Crippen LogP contribution in [0.5, 0.6) is 11.5 Å². The second kappa shape index (κ2) is 8.15. The third kappa shape index (κ3) is 3.93. The van der Waals surface area contributed by atoms with Crippen molar-refractivity contribution in [1.29, 1.82) is 0 Å². The Bertz CT molecular complexity index is 545. The van der Waals surface area contributed by atoms with Gasteiger partial charge in [-0.1, -0.05) is 6.92 Å². The van der Waals surface area contributed by atoms with Gasteiger partial charge < -0.3 is 19.7 Å². The first kappa shape index (κ1) is 17.5. The monoisotopic (exact) mass is 324 g/mol. The molecular weight excluding hydrogens is 299 g/mol. The van der Waals surface area contributed by atoms with Crippen molar-refractivity contribution in [2.24, 2.45) is 0 Å². The number of nitrogens with one attached hydrogen (secondary N) is 1. The van der Waals surface area contributed by atoms with E-state index in [1.54, 1.807) is 4.90 Å². The Morgan fingerprint density at radius 1 is 1.26 bits per heavy atom. The molecule has 1 aromatic rings. The third-order valence-electron chi connectivity index (χ3n) is 4.18. The number of carbonyl (C=O) groups is 1. The Morgan fingerprint density at radius 2 is 1.87 bits per heavy atom. The molecule has 0 saturated carbocycles. The van der Waals surface area contributed by atoms with Crippen LogP contribution in [0.2, 0.25) is 0 Å². The summed E-state index contributed by atoms with van der Waals surface area (Å²) in [6, 6.07) is 2.79. The van der Waals surface area contributed by atoms with E-state index < -0.39 is 5.82 Å². The van der Waals surface area contributed by atoms with E-state index in [1.807, 2.05) is 6.92 Å². The fourth-order valence-electron chi connectivity index (χ4n) is 2.98. The zero-order valence-electron chi connectivity index (χ0n) is 14.0. The molecule has 1 aliphatic rings. The van der Waals surface area contributed by atoms with Crippen LogP contribution >= 0.6 is 0 Å². The Morgan fingerprint density at radius 3 is 2.43 bits per heavy atom. The molecule has 1 aliphatic heterocycles. The second-order valence-corrected chi connectivity index (χ2v) is 5.67. The van der Waals surface area contributed by atoms with Crippen LogP contribution in [0.25, 0.3) is 0 Å². The lowest BCUT2D eigenvalue weighted by atomic mass is 10.0. The summed E-state index contributed by atoms with van der Waals surface area (Å²) in [5.74, 6) is -0.218. The number of piperidine rings is 1. The number of nitrogens with zero attached hydrogens (tertiary/aromatic N) is 1. The van der Waals surface area contributed by atoms with E-state index in [2.05, 4.69) is 5.32 Å². The van der Waals surface area contributed by atoms with Gasteiger partial charge in [0.15, 0.2) is 11.5 Å². The summed E-state index contributed by atoms with van der Waals surface area (Å²) in [5.41, 5.74) is 0.0367. The number of benzene rings is 1. The number of ether oxygens (including phenoxy) is 2. The average molecular weight is 324 g/mol. The molecule has 23 heavy (non-hydrogen) atoms. The molecule has 0 bridgehead atoms. The molecule has 1 saturated heterocycles. The van der Waals surface area contributed by atoms with E-state index in [1.165, 1.54) is 26.4 Å². The van der Waals surface area contributed by atoms with Gasteiger partial charge in [-0.25, -0.2) is 4.39 Å². The summed E-state index contributed by atoms with van der Waals surface area (Å²) >= 11 is 0. The molecule has 1 N–H and O–H groups in total. The predicted molar refractivity (Wildman–Crippen MR) is 86.7 cm³/mol. The first-order valence-corrected chi connectivity index (χ1v) is 8.05. The van der Waals surface area contributed by atoms with Crippen molar-refractivity contribution in [3.63, 3.8) is 0 Å². The minimum atomic E-state index is -0.581. The summed E-state index contributed by atoms with van der Waals surface area (Å²) in [6.45, 7) is 4.41. The normalized spacial score (nSPS) is 15.3. The largest absolute Gasteiger partial charge is 0.493 e. The number of rotatable bonds is 6. The molecule has 0 unspecified atom stereocenters. The molecule has 1 heterocycles. The molecule has 0 aromatic heterocycles. The van der Waals surface area contributed by atoms with E-state index in [-0.39, 0.29) is 23.3 Å². The summed E-state index contributed by atoms with van der Waals surface area (Å²) in [4.78, 5) is 14.7. The van der Waals surface area contributed by atoms with Gasteiger partial charge in [0.25, 0.3) is 5.91 Å². The highest BCUT2D eigenvalue weighted by Gasteiger charge is 2.28. The molecule has 0 radical (unpaired) electrons. The predicted octanol–water partition coefficient (Wildman–Crippen LogP) is 2.45. The maximum Gasteiger partial charge on any atom is 0.257 e. The summed E-state index contributed by atoms with van der Waals surface area (Å²) in [5, 5.41) is 3.29. The van der Waals surface area contributed by atoms with Gasteiger partial charge in [0.2, 0.25) is 0 Å². The molecule has 6 heteroatoms. The zero-order chi connectivity index (χ0) is 16.8. The number of hydrogen-bond donors (Lipinski definition) is 1. The average Bonchev–Trinajstić information content (AvgIpc) is 2.59. The molecular formula is C17H25FN2O3. The minimum absolute atomic E-state index is 0.0367. The Hall–Kier alpha value is -1.82. The highest BCUT2D eigenvalue weighted by Crippen LogP contribution is 2.31. The molecule has 1 fully saturated rings. The summed E-state index contributed by atoms with van der Waals surface area (Å²) in [6.07, 6.45) is 2.62. The second-order valence-electron chi connectivity index (χ2n) is 5.67. The van der Waals surface area contributed by atoms with Crippen molar-refractivity contribution < 1.29 is 18.7 Å². The smallest absolute Gasteiger partial charge is 0.257 e. The maximum atomic E-state index is 14.4. The summed E-state index contributed by atoms with van der Waals surface area (Å²) < 4.78 is 24.6. The van der Waals surface area contributed by atoms with Crippen LogP contribution in [-0.2, 0) is 0 Å². The third-order valence-corrected chi connectivity index (χ3v) is 4.18. The van der Waals surface area contributed by atoms with Gasteiger partial charge in [-0.05, 0) is 38.4 Å². The molecule has 1 amide bonds. The topological polar surface area (TPSA) is 50.8 Å². The number of amides is 1. The molecule has 128 valence electrons. The maximum absolute atomic E-state index is 14.4. The highest BCUT2D eigenvalue weighted by molar-refractivity contribution is 5.95. The lowest BCUT2D eigenvalue weighted by Gasteiger charge is -2.34. The van der Waals surface area contributed by atoms with Crippen molar-refractivity contribution in [1.82, 2.24) is 10.2 Å². The molecule has 1 aromatic carbocycles. The van der Waals surface area contributed by atoms with Crippen LogP contribution in [0.4, 0.5) is 4.39 Å². The van der Waals surface area contributed by atoms with Gasteiger partial charge in [-0.2, -0.15) is 0 Å². The molecule has 0 aliphatic carbocycles. The van der Waals surface area contributed by atoms with E-state index in [9.17, 15) is 9.18 Å². The number of halogens is 1. The highest BCUT2D eigenvalue weighted by atomic mass is 19.1. The van der Waals surface area contributed by atoms with Gasteiger partial charge in [0.1, 0.15) is 5.82 Å². The SMILES string of the molecule is CCCN(C(=O)c1cc(OC)c(OC)cc1F)C1CCNCC1. The Kier molecular flexibility index (Phi) is 6.21. The Balaban J connectivity index is 2.31. The number of carbonyl (C=O) groups excluding carboxylic acids is 1. The van der Waals surface area contributed by atoms with Crippen LogP contribution in [0.1, 0.15) is 36.5 Å². The van der Waals surface area contributed by atoms with Crippen LogP contribution in [-0.4, -0.2) is 50.7 Å². The fourth-order valence-corrected chi connectivity index (χ4v) is 2.98. The van der Waals surface area contributed by atoms with Crippen molar-refractivity contribution in [3.8, 4) is 11.5 Å². The van der Waals surface area contributed by atoms with Crippen molar-refractivity contribution in [2.75, 3.05) is 33.9 Å². The first-order chi connectivity index (χ1) is 11.1. The lowest BCUT2D eigenvalue weighted by Crippen LogP contribution is -2.46. The quantitative estimate of drug-likeness (QED) is 0.873. The van der Waals surface area contributed by atoms with Crippen LogP contribution in [0, 0.1) is 5.82 Å².